The van der Waals surface area contributed by atoms with Crippen LogP contribution >= 0.6 is 0 Å². The van der Waals surface area contributed by atoms with Gasteiger partial charge in [-0.15, -0.1) is 0 Å². The molecule has 0 amide bonds. The summed E-state index contributed by atoms with van der Waals surface area (Å²) in [7, 11) is 0. The standard InChI is InChI=1S/C25H20F6N4/c1-13(2)15-6-9-20(33-15)23(25(29,30)31)21-11-8-17(35-21)14(3)16-7-10-19(34-16)22(24(26,27)28)18-5-4-12-32-18/h4-12,34-35H,1-3H3. The van der Waals surface area contributed by atoms with E-state index in [1.54, 1.807) is 20.8 Å². The van der Waals surface area contributed by atoms with E-state index in [1.165, 1.54) is 54.8 Å². The first-order valence-electron chi connectivity index (χ1n) is 10.5. The molecule has 0 fully saturated rings. The lowest BCUT2D eigenvalue weighted by atomic mass is 10.1. The first kappa shape index (κ1) is 24.3. The minimum Gasteiger partial charge on any atom is -0.355 e. The fraction of sp³-hybridized carbons (Fsp3) is 0.200. The summed E-state index contributed by atoms with van der Waals surface area (Å²) in [6.07, 6.45) is -2.58. The summed E-state index contributed by atoms with van der Waals surface area (Å²) in [5.74, 6) is 0. The maximum absolute atomic E-state index is 13.9. The van der Waals surface area contributed by atoms with Crippen molar-refractivity contribution in [2.45, 2.75) is 33.1 Å². The van der Waals surface area contributed by atoms with E-state index in [0.717, 1.165) is 5.57 Å². The van der Waals surface area contributed by atoms with Gasteiger partial charge in [-0.05, 0) is 74.9 Å². The van der Waals surface area contributed by atoms with Crippen LogP contribution in [0.4, 0.5) is 26.3 Å². The fourth-order valence-corrected chi connectivity index (χ4v) is 3.76. The van der Waals surface area contributed by atoms with Crippen LogP contribution in [-0.4, -0.2) is 34.2 Å². The lowest BCUT2D eigenvalue weighted by Gasteiger charge is -2.11. The van der Waals surface area contributed by atoms with E-state index in [9.17, 15) is 26.3 Å². The molecule has 10 heteroatoms. The number of allylic oxidation sites excluding steroid dienone is 6. The average Bonchev–Trinajstić information content (AvgIpc) is 3.54. The van der Waals surface area contributed by atoms with E-state index in [2.05, 4.69) is 20.0 Å². The van der Waals surface area contributed by atoms with E-state index in [0.29, 0.717) is 22.3 Å². The fourth-order valence-electron chi connectivity index (χ4n) is 3.76. The quantitative estimate of drug-likeness (QED) is 0.535. The van der Waals surface area contributed by atoms with Crippen LogP contribution in [0.5, 0.6) is 0 Å². The summed E-state index contributed by atoms with van der Waals surface area (Å²) in [6.45, 7) is 5.11. The van der Waals surface area contributed by atoms with Gasteiger partial charge in [-0.3, -0.25) is 4.99 Å². The highest BCUT2D eigenvalue weighted by Crippen LogP contribution is 2.38. The van der Waals surface area contributed by atoms with E-state index in [-0.39, 0.29) is 22.5 Å². The van der Waals surface area contributed by atoms with Crippen LogP contribution in [0.25, 0.3) is 16.7 Å². The zero-order valence-corrected chi connectivity index (χ0v) is 18.9. The lowest BCUT2D eigenvalue weighted by Crippen LogP contribution is -2.27. The molecule has 182 valence electrons. The molecule has 2 aromatic rings. The number of aliphatic imine (C=N–C) groups is 2. The number of aromatic nitrogens is 2. The van der Waals surface area contributed by atoms with Crippen molar-refractivity contribution in [3.63, 3.8) is 0 Å². The third kappa shape index (κ3) is 4.87. The number of nitrogens with zero attached hydrogens (tertiary/aromatic N) is 2. The van der Waals surface area contributed by atoms with Crippen LogP contribution < -0.4 is 10.7 Å². The highest BCUT2D eigenvalue weighted by Gasteiger charge is 2.39. The van der Waals surface area contributed by atoms with Crippen LogP contribution in [0.15, 0.2) is 75.5 Å². The molecule has 0 bridgehead atoms. The molecule has 0 spiro atoms. The maximum atomic E-state index is 13.9. The summed E-state index contributed by atoms with van der Waals surface area (Å²) in [6, 6.07) is 5.44. The largest absolute Gasteiger partial charge is 0.420 e. The zero-order valence-electron chi connectivity index (χ0n) is 18.9. The second-order valence-corrected chi connectivity index (χ2v) is 8.18. The van der Waals surface area contributed by atoms with Gasteiger partial charge in [-0.1, -0.05) is 5.57 Å². The number of halogens is 6. The smallest absolute Gasteiger partial charge is 0.355 e. The number of hydrogen-bond donors (Lipinski definition) is 2. The first-order chi connectivity index (χ1) is 16.4. The van der Waals surface area contributed by atoms with Crippen LogP contribution in [0.1, 0.15) is 32.2 Å². The third-order valence-corrected chi connectivity index (χ3v) is 5.50. The summed E-state index contributed by atoms with van der Waals surface area (Å²) in [5.41, 5.74) is -0.483. The lowest BCUT2D eigenvalue weighted by molar-refractivity contribution is -0.0699. The van der Waals surface area contributed by atoms with Crippen LogP contribution in [-0.2, 0) is 0 Å². The highest BCUT2D eigenvalue weighted by atomic mass is 19.4. The molecule has 2 aromatic heterocycles. The summed E-state index contributed by atoms with van der Waals surface area (Å²) in [4.78, 5) is 13.3. The van der Waals surface area contributed by atoms with Gasteiger partial charge < -0.3 is 9.97 Å². The van der Waals surface area contributed by atoms with Crippen molar-refractivity contribution >= 4 is 28.6 Å². The highest BCUT2D eigenvalue weighted by molar-refractivity contribution is 6.27. The Morgan fingerprint density at radius 3 is 1.94 bits per heavy atom. The van der Waals surface area contributed by atoms with E-state index in [4.69, 9.17) is 0 Å². The third-order valence-electron chi connectivity index (χ3n) is 5.50. The Hall–Kier alpha value is -3.82. The molecule has 2 aliphatic heterocycles. The minimum absolute atomic E-state index is 0.194. The van der Waals surface area contributed by atoms with Gasteiger partial charge in [0, 0.05) is 17.3 Å². The molecule has 4 nitrogen and oxygen atoms in total. The molecule has 0 saturated heterocycles. The normalized spacial score (nSPS) is 18.9. The van der Waals surface area contributed by atoms with Crippen LogP contribution in [0.2, 0.25) is 0 Å². The number of H-pyrrole nitrogens is 2. The van der Waals surface area contributed by atoms with Gasteiger partial charge in [0.05, 0.1) is 28.1 Å². The predicted octanol–water partition coefficient (Wildman–Crippen LogP) is 5.49. The number of aromatic amines is 2. The topological polar surface area (TPSA) is 56.3 Å². The maximum Gasteiger partial charge on any atom is 0.420 e. The molecule has 0 unspecified atom stereocenters. The molecule has 4 heterocycles. The second kappa shape index (κ2) is 8.75. The Kier molecular flexibility index (Phi) is 6.08. The zero-order chi connectivity index (χ0) is 25.5. The first-order valence-corrected chi connectivity index (χ1v) is 10.5. The van der Waals surface area contributed by atoms with Crippen LogP contribution in [0, 0.1) is 0 Å². The van der Waals surface area contributed by atoms with Gasteiger partial charge >= 0.3 is 12.4 Å². The van der Waals surface area contributed by atoms with Crippen LogP contribution in [0.3, 0.4) is 0 Å². The molecular weight excluding hydrogens is 470 g/mol. The predicted molar refractivity (Wildman–Crippen MR) is 124 cm³/mol. The van der Waals surface area contributed by atoms with Gasteiger partial charge in [-0.25, -0.2) is 4.99 Å². The number of rotatable bonds is 3. The minimum atomic E-state index is -4.68. The Balaban J connectivity index is 1.83. The molecule has 35 heavy (non-hydrogen) atoms. The Bertz CT molecular complexity index is 1460. The molecule has 4 rings (SSSR count). The summed E-state index contributed by atoms with van der Waals surface area (Å²) < 4.78 is 82.9. The number of hydrogen-bond acceptors (Lipinski definition) is 2. The molecule has 0 radical (unpaired) electrons. The molecule has 0 saturated carbocycles. The van der Waals surface area contributed by atoms with Crippen molar-refractivity contribution < 1.29 is 26.3 Å². The molecule has 2 N–H and O–H groups in total. The van der Waals surface area contributed by atoms with Gasteiger partial charge in [0.25, 0.3) is 0 Å². The number of alkyl halides is 6. The summed E-state index contributed by atoms with van der Waals surface area (Å²) >= 11 is 0. The van der Waals surface area contributed by atoms with Crippen molar-refractivity contribution in [3.05, 3.63) is 87.6 Å². The van der Waals surface area contributed by atoms with E-state index in [1.807, 2.05) is 0 Å². The molecule has 2 aliphatic rings. The monoisotopic (exact) mass is 490 g/mol. The molecule has 0 aromatic carbocycles. The Morgan fingerprint density at radius 1 is 0.714 bits per heavy atom. The SMILES string of the molecule is CC(C)=C1C=CC(C(=c2ccc(=C(C)c3ccc(C(=C4C=CC=N4)C(F)(F)F)[nH]3)[nH]2)C(F)(F)F)=N1. The van der Waals surface area contributed by atoms with Gasteiger partial charge in [0.1, 0.15) is 11.1 Å². The van der Waals surface area contributed by atoms with Crippen molar-refractivity contribution in [1.82, 2.24) is 9.97 Å². The summed E-state index contributed by atoms with van der Waals surface area (Å²) in [5, 5.41) is 0.126. The van der Waals surface area contributed by atoms with E-state index >= 15 is 0 Å². The van der Waals surface area contributed by atoms with E-state index < -0.39 is 23.5 Å². The van der Waals surface area contributed by atoms with Crippen molar-refractivity contribution in [2.75, 3.05) is 0 Å². The molecule has 0 atom stereocenters. The van der Waals surface area contributed by atoms with Crippen molar-refractivity contribution in [1.29, 1.82) is 0 Å². The van der Waals surface area contributed by atoms with Gasteiger partial charge in [0.15, 0.2) is 0 Å². The van der Waals surface area contributed by atoms with Gasteiger partial charge in [0.2, 0.25) is 0 Å². The second-order valence-electron chi connectivity index (χ2n) is 8.18. The average molecular weight is 490 g/mol. The Morgan fingerprint density at radius 2 is 1.37 bits per heavy atom. The van der Waals surface area contributed by atoms with Crippen molar-refractivity contribution in [2.24, 2.45) is 9.98 Å². The van der Waals surface area contributed by atoms with Crippen molar-refractivity contribution in [3.8, 4) is 0 Å². The molecule has 0 aliphatic carbocycles. The Labute approximate surface area is 196 Å². The molecular formula is C25H20F6N4. The van der Waals surface area contributed by atoms with Gasteiger partial charge in [-0.2, -0.15) is 26.3 Å². The number of nitrogens with one attached hydrogen (secondary N) is 2.